The van der Waals surface area contributed by atoms with Crippen LogP contribution in [0.5, 0.6) is 5.75 Å². The number of hydrogen-bond donors (Lipinski definition) is 1. The molecule has 0 amide bonds. The van der Waals surface area contributed by atoms with Crippen molar-refractivity contribution in [2.45, 2.75) is 24.9 Å². The number of aliphatic imine (C=N–C) groups is 1. The minimum absolute atomic E-state index is 0.174. The van der Waals surface area contributed by atoms with Gasteiger partial charge in [0.1, 0.15) is 17.6 Å². The second kappa shape index (κ2) is 8.32. The van der Waals surface area contributed by atoms with E-state index >= 15 is 0 Å². The van der Waals surface area contributed by atoms with E-state index in [1.54, 1.807) is 30.3 Å². The predicted octanol–water partition coefficient (Wildman–Crippen LogP) is 6.34. The molecule has 0 saturated heterocycles. The van der Waals surface area contributed by atoms with Crippen LogP contribution >= 0.6 is 11.6 Å². The third kappa shape index (κ3) is 4.73. The quantitative estimate of drug-likeness (QED) is 0.472. The lowest BCUT2D eigenvalue weighted by Crippen LogP contribution is -2.16. The summed E-state index contributed by atoms with van der Waals surface area (Å²) in [6.45, 7) is 0. The summed E-state index contributed by atoms with van der Waals surface area (Å²) in [6.07, 6.45) is -5.39. The van der Waals surface area contributed by atoms with Crippen molar-refractivity contribution in [3.63, 3.8) is 0 Å². The summed E-state index contributed by atoms with van der Waals surface area (Å²) in [4.78, 5) is 4.50. The Bertz CT molecular complexity index is 1090. The van der Waals surface area contributed by atoms with Crippen LogP contribution in [0.1, 0.15) is 23.6 Å². The molecule has 4 rings (SSSR count). The molecule has 0 saturated carbocycles. The maximum Gasteiger partial charge on any atom is 0.573 e. The lowest BCUT2D eigenvalue weighted by atomic mass is 9.97. The topological polar surface area (TPSA) is 41.8 Å². The Balaban J connectivity index is 1.55. The fourth-order valence-electron chi connectivity index (χ4n) is 3.57. The molecule has 8 heteroatoms. The van der Waals surface area contributed by atoms with E-state index in [9.17, 15) is 22.7 Å². The van der Waals surface area contributed by atoms with E-state index in [-0.39, 0.29) is 22.8 Å². The molecule has 0 fully saturated rings. The van der Waals surface area contributed by atoms with Crippen molar-refractivity contribution < 1.29 is 27.4 Å². The summed E-state index contributed by atoms with van der Waals surface area (Å²) in [5.74, 6) is -0.789. The van der Waals surface area contributed by atoms with Crippen molar-refractivity contribution in [2.75, 3.05) is 0 Å². The number of benzene rings is 3. The number of rotatable bonds is 4. The van der Waals surface area contributed by atoms with Gasteiger partial charge in [-0.15, -0.1) is 13.2 Å². The number of aliphatic hydroxyl groups is 1. The molecule has 1 heterocycles. The molecule has 0 bridgehead atoms. The Kier molecular flexibility index (Phi) is 5.73. The second-order valence-electron chi connectivity index (χ2n) is 7.08. The zero-order valence-corrected chi connectivity index (χ0v) is 16.7. The maximum absolute atomic E-state index is 14.2. The van der Waals surface area contributed by atoms with E-state index in [2.05, 4.69) is 9.73 Å². The van der Waals surface area contributed by atoms with Crippen molar-refractivity contribution >= 4 is 17.3 Å². The zero-order valence-electron chi connectivity index (χ0n) is 15.9. The van der Waals surface area contributed by atoms with Crippen molar-refractivity contribution in [2.24, 2.45) is 4.99 Å². The fourth-order valence-corrected chi connectivity index (χ4v) is 3.85. The van der Waals surface area contributed by atoms with Gasteiger partial charge in [-0.2, -0.15) is 0 Å². The molecule has 0 radical (unpaired) electrons. The highest BCUT2D eigenvalue weighted by molar-refractivity contribution is 6.34. The molecular formula is C23H16ClF4NO2. The summed E-state index contributed by atoms with van der Waals surface area (Å²) in [7, 11) is 0. The first kappa shape index (κ1) is 21.3. The average Bonchev–Trinajstić information content (AvgIpc) is 3.08. The van der Waals surface area contributed by atoms with Crippen LogP contribution in [0, 0.1) is 5.82 Å². The third-order valence-corrected chi connectivity index (χ3v) is 5.30. The highest BCUT2D eigenvalue weighted by atomic mass is 35.5. The van der Waals surface area contributed by atoms with E-state index in [1.807, 2.05) is 0 Å². The Labute approximate surface area is 180 Å². The van der Waals surface area contributed by atoms with Gasteiger partial charge in [0, 0.05) is 6.42 Å². The molecule has 0 spiro atoms. The largest absolute Gasteiger partial charge is 0.573 e. The van der Waals surface area contributed by atoms with Crippen molar-refractivity contribution in [1.82, 2.24) is 0 Å². The molecule has 1 aliphatic rings. The van der Waals surface area contributed by atoms with E-state index in [4.69, 9.17) is 11.6 Å². The van der Waals surface area contributed by atoms with Crippen molar-refractivity contribution in [1.29, 1.82) is 0 Å². The molecule has 0 aliphatic carbocycles. The van der Waals surface area contributed by atoms with Crippen molar-refractivity contribution in [3.05, 3.63) is 88.7 Å². The average molecular weight is 450 g/mol. The van der Waals surface area contributed by atoms with Gasteiger partial charge >= 0.3 is 6.36 Å². The standard InChI is InChI=1S/C23H16ClF4NO2/c24-17-2-1-3-18(25)21(17)19-12-20(30)22(29-19)15-6-4-13(5-7-15)14-8-10-16(11-9-14)31-23(26,27)28/h1-11,20,22,30H,12H2. The Morgan fingerprint density at radius 3 is 2.13 bits per heavy atom. The molecule has 1 aliphatic heterocycles. The van der Waals surface area contributed by atoms with Gasteiger partial charge in [0.15, 0.2) is 0 Å². The summed E-state index contributed by atoms with van der Waals surface area (Å²) in [5.41, 5.74) is 2.82. The summed E-state index contributed by atoms with van der Waals surface area (Å²) >= 11 is 6.11. The molecule has 2 unspecified atom stereocenters. The van der Waals surface area contributed by atoms with Crippen LogP contribution in [0.15, 0.2) is 71.7 Å². The van der Waals surface area contributed by atoms with Crippen LogP contribution in [0.3, 0.4) is 0 Å². The van der Waals surface area contributed by atoms with Crippen LogP contribution in [0.4, 0.5) is 17.6 Å². The van der Waals surface area contributed by atoms with Crippen molar-refractivity contribution in [3.8, 4) is 16.9 Å². The molecular weight excluding hydrogens is 434 g/mol. The van der Waals surface area contributed by atoms with E-state index in [0.717, 1.165) is 11.1 Å². The van der Waals surface area contributed by atoms with E-state index in [1.165, 1.54) is 36.4 Å². The van der Waals surface area contributed by atoms with Gasteiger partial charge in [-0.25, -0.2) is 4.39 Å². The Morgan fingerprint density at radius 1 is 0.935 bits per heavy atom. The molecule has 3 aromatic rings. The number of halogens is 5. The zero-order chi connectivity index (χ0) is 22.2. The minimum atomic E-state index is -4.74. The highest BCUT2D eigenvalue weighted by Crippen LogP contribution is 2.35. The maximum atomic E-state index is 14.2. The van der Waals surface area contributed by atoms with Crippen LogP contribution < -0.4 is 4.74 Å². The lowest BCUT2D eigenvalue weighted by Gasteiger charge is -2.13. The van der Waals surface area contributed by atoms with Crippen LogP contribution in [-0.2, 0) is 0 Å². The Hall–Kier alpha value is -2.90. The molecule has 2 atom stereocenters. The lowest BCUT2D eigenvalue weighted by molar-refractivity contribution is -0.274. The van der Waals surface area contributed by atoms with Gasteiger partial charge in [0.25, 0.3) is 0 Å². The number of nitrogens with zero attached hydrogens (tertiary/aromatic N) is 1. The first-order chi connectivity index (χ1) is 14.7. The van der Waals surface area contributed by atoms with E-state index < -0.39 is 24.3 Å². The van der Waals surface area contributed by atoms with Crippen LogP contribution in [0.2, 0.25) is 5.02 Å². The van der Waals surface area contributed by atoms with Gasteiger partial charge < -0.3 is 9.84 Å². The van der Waals surface area contributed by atoms with Gasteiger partial charge in [-0.05, 0) is 41.0 Å². The summed E-state index contributed by atoms with van der Waals surface area (Å²) < 4.78 is 54.9. The molecule has 1 N–H and O–H groups in total. The van der Waals surface area contributed by atoms with Gasteiger partial charge in [0.2, 0.25) is 0 Å². The number of ether oxygens (including phenoxy) is 1. The van der Waals surface area contributed by atoms with Gasteiger partial charge in [-0.1, -0.05) is 54.1 Å². The molecule has 160 valence electrons. The summed E-state index contributed by atoms with van der Waals surface area (Å²) in [6, 6.07) is 16.5. The number of aliphatic hydroxyl groups excluding tert-OH is 1. The third-order valence-electron chi connectivity index (χ3n) is 4.99. The van der Waals surface area contributed by atoms with Gasteiger partial charge in [-0.3, -0.25) is 4.99 Å². The smallest absolute Gasteiger partial charge is 0.406 e. The molecule has 31 heavy (non-hydrogen) atoms. The first-order valence-corrected chi connectivity index (χ1v) is 9.74. The minimum Gasteiger partial charge on any atom is -0.406 e. The molecule has 3 nitrogen and oxygen atoms in total. The number of alkyl halides is 3. The number of hydrogen-bond acceptors (Lipinski definition) is 3. The monoisotopic (exact) mass is 449 g/mol. The normalized spacial score (nSPS) is 18.7. The van der Waals surface area contributed by atoms with E-state index in [0.29, 0.717) is 11.3 Å². The first-order valence-electron chi connectivity index (χ1n) is 9.36. The van der Waals surface area contributed by atoms with Crippen LogP contribution in [0.25, 0.3) is 11.1 Å². The molecule has 0 aromatic heterocycles. The highest BCUT2D eigenvalue weighted by Gasteiger charge is 2.32. The van der Waals surface area contributed by atoms with Gasteiger partial charge in [0.05, 0.1) is 22.4 Å². The summed E-state index contributed by atoms with van der Waals surface area (Å²) in [5, 5.41) is 10.7. The van der Waals surface area contributed by atoms with Crippen LogP contribution in [-0.4, -0.2) is 23.3 Å². The predicted molar refractivity (Wildman–Crippen MR) is 110 cm³/mol. The second-order valence-corrected chi connectivity index (χ2v) is 7.49. The Morgan fingerprint density at radius 2 is 1.55 bits per heavy atom. The fraction of sp³-hybridized carbons (Fsp3) is 0.174. The SMILES string of the molecule is OC1CC(c2c(F)cccc2Cl)=NC1c1ccc(-c2ccc(OC(F)(F)F)cc2)cc1. The molecule has 3 aromatic carbocycles.